The van der Waals surface area contributed by atoms with Gasteiger partial charge >= 0.3 is 18.1 Å². The van der Waals surface area contributed by atoms with Crippen molar-refractivity contribution in [2.45, 2.75) is 100 Å². The Labute approximate surface area is 311 Å². The molecule has 16 nitrogen and oxygen atoms in total. The fourth-order valence-electron chi connectivity index (χ4n) is 5.42. The van der Waals surface area contributed by atoms with Crippen LogP contribution in [0.15, 0.2) is 24.3 Å². The number of aliphatic hydroxyl groups excluding tert-OH is 1. The zero-order valence-electron chi connectivity index (χ0n) is 32.1. The molecule has 6 amide bonds. The highest BCUT2D eigenvalue weighted by Gasteiger charge is 2.44. The zero-order valence-corrected chi connectivity index (χ0v) is 32.1. The van der Waals surface area contributed by atoms with E-state index in [-0.39, 0.29) is 68.8 Å². The Bertz CT molecular complexity index is 1450. The van der Waals surface area contributed by atoms with E-state index < -0.39 is 65.9 Å². The zero-order chi connectivity index (χ0) is 40.1. The normalized spacial score (nSPS) is 16.5. The number of likely N-dealkylation sites (tertiary alicyclic amines) is 1. The van der Waals surface area contributed by atoms with E-state index in [1.54, 1.807) is 58.9 Å². The molecule has 1 heterocycles. The number of imide groups is 1. The summed E-state index contributed by atoms with van der Waals surface area (Å²) in [6, 6.07) is 4.88. The quantitative estimate of drug-likeness (QED) is 0.0597. The number of nitrogens with zero attached hydrogens (tertiary/aromatic N) is 1. The molecule has 1 aromatic carbocycles. The second kappa shape index (κ2) is 20.0. The van der Waals surface area contributed by atoms with Crippen LogP contribution in [0.25, 0.3) is 0 Å². The molecule has 16 heteroatoms. The van der Waals surface area contributed by atoms with Crippen LogP contribution in [0.4, 0.5) is 15.3 Å². The Kier molecular flexibility index (Phi) is 16.9. The fraction of sp³-hybridized carbons (Fsp3) is 0.649. The lowest BCUT2D eigenvalue weighted by Gasteiger charge is -2.25. The number of urea groups is 1. The highest BCUT2D eigenvalue weighted by molar-refractivity contribution is 6.04. The first-order valence-electron chi connectivity index (χ1n) is 17.8. The maximum atomic E-state index is 13.5. The summed E-state index contributed by atoms with van der Waals surface area (Å²) < 4.78 is 15.6. The van der Waals surface area contributed by atoms with Gasteiger partial charge in [-0.15, -0.1) is 0 Å². The number of rotatable bonds is 19. The molecule has 0 spiro atoms. The average molecular weight is 748 g/mol. The number of amides is 6. The van der Waals surface area contributed by atoms with E-state index in [4.69, 9.17) is 19.9 Å². The van der Waals surface area contributed by atoms with Crippen molar-refractivity contribution in [2.24, 2.45) is 34.3 Å². The summed E-state index contributed by atoms with van der Waals surface area (Å²) in [6.07, 6.45) is -2.41. The third-order valence-electron chi connectivity index (χ3n) is 8.59. The summed E-state index contributed by atoms with van der Waals surface area (Å²) in [5.41, 5.74) is 5.29. The Balaban J connectivity index is 1.96. The number of ether oxygens (including phenoxy) is 3. The predicted octanol–water partition coefficient (Wildman–Crippen LogP) is 3.25. The van der Waals surface area contributed by atoms with Crippen molar-refractivity contribution in [2.75, 3.05) is 31.6 Å². The van der Waals surface area contributed by atoms with Crippen LogP contribution in [0, 0.1) is 28.6 Å². The predicted molar refractivity (Wildman–Crippen MR) is 194 cm³/mol. The molecule has 296 valence electrons. The number of alkyl carbamates (subject to hydrolysis) is 1. The van der Waals surface area contributed by atoms with Crippen molar-refractivity contribution in [3.63, 3.8) is 0 Å². The molecule has 1 aliphatic rings. The third kappa shape index (κ3) is 15.1. The SMILES string of the molecule is CC(C)[C@H](NC(=O)OC(O)COCCN1C(=O)CC(C(C)(C)C)C1=O)C(=O)C[C@@H](CCCNC(N)=O)C(=O)Nc1ccc(COC(=O)C(C)(C)C)cc1. The fourth-order valence-corrected chi connectivity index (χ4v) is 5.42. The molecular formula is C37H57N5O11. The van der Waals surface area contributed by atoms with Crippen molar-refractivity contribution in [1.82, 2.24) is 15.5 Å². The van der Waals surface area contributed by atoms with Gasteiger partial charge in [0.2, 0.25) is 24.0 Å². The summed E-state index contributed by atoms with van der Waals surface area (Å²) in [5, 5.41) is 17.9. The standard InChI is InChI=1S/C37H57N5O11/c1-22(2)30(41-35(50)53-29(45)21-51-17-16-42-28(44)19-26(32(42)47)36(3,4)5)27(43)18-24(10-9-15-39-34(38)49)31(46)40-25-13-11-23(12-14-25)20-52-33(48)37(6,7)8/h11-14,22,24,26,29-30,45H,9-10,15-21H2,1-8H3,(H,40,46)(H,41,50)(H3,38,39,49)/t24-,26?,29?,30+/m1/s1. The lowest BCUT2D eigenvalue weighted by Crippen LogP contribution is -2.47. The molecule has 0 radical (unpaired) electrons. The molecule has 0 aromatic heterocycles. The molecule has 2 unspecified atom stereocenters. The minimum atomic E-state index is -1.71. The Morgan fingerprint density at radius 2 is 1.66 bits per heavy atom. The van der Waals surface area contributed by atoms with Gasteiger partial charge in [0.05, 0.1) is 30.5 Å². The van der Waals surface area contributed by atoms with Crippen LogP contribution < -0.4 is 21.7 Å². The van der Waals surface area contributed by atoms with Crippen LogP contribution >= 0.6 is 0 Å². The number of carbonyl (C=O) groups excluding carboxylic acids is 7. The maximum absolute atomic E-state index is 13.5. The van der Waals surface area contributed by atoms with E-state index >= 15 is 0 Å². The van der Waals surface area contributed by atoms with E-state index in [9.17, 15) is 38.7 Å². The minimum absolute atomic E-state index is 0.0134. The van der Waals surface area contributed by atoms with Gasteiger partial charge in [0.15, 0.2) is 5.78 Å². The number of Topliss-reactive ketones (excluding diaryl/α,β-unsaturated/α-hetero) is 1. The van der Waals surface area contributed by atoms with E-state index in [1.807, 2.05) is 20.8 Å². The Hall–Kier alpha value is -4.57. The molecule has 0 saturated carbocycles. The van der Waals surface area contributed by atoms with Gasteiger partial charge < -0.3 is 41.0 Å². The van der Waals surface area contributed by atoms with Gasteiger partial charge in [-0.1, -0.05) is 46.8 Å². The van der Waals surface area contributed by atoms with Crippen LogP contribution in [0.5, 0.6) is 0 Å². The number of primary amides is 1. The highest BCUT2D eigenvalue weighted by atomic mass is 16.7. The monoisotopic (exact) mass is 747 g/mol. The summed E-state index contributed by atoms with van der Waals surface area (Å²) in [5.74, 6) is -3.55. The average Bonchev–Trinajstić information content (AvgIpc) is 3.34. The smallest absolute Gasteiger partial charge is 0.410 e. The molecule has 2 rings (SSSR count). The summed E-state index contributed by atoms with van der Waals surface area (Å²) in [7, 11) is 0. The number of aliphatic hydroxyl groups is 1. The van der Waals surface area contributed by atoms with Crippen molar-refractivity contribution in [1.29, 1.82) is 0 Å². The van der Waals surface area contributed by atoms with E-state index in [1.165, 1.54) is 0 Å². The molecule has 6 N–H and O–H groups in total. The van der Waals surface area contributed by atoms with Crippen LogP contribution in [0.3, 0.4) is 0 Å². The van der Waals surface area contributed by atoms with E-state index in [0.717, 1.165) is 4.90 Å². The largest absolute Gasteiger partial charge is 0.460 e. The second-order valence-corrected chi connectivity index (χ2v) is 15.6. The van der Waals surface area contributed by atoms with E-state index in [0.29, 0.717) is 17.7 Å². The number of hydrogen-bond acceptors (Lipinski definition) is 11. The van der Waals surface area contributed by atoms with E-state index in [2.05, 4.69) is 16.0 Å². The molecule has 0 aliphatic carbocycles. The summed E-state index contributed by atoms with van der Waals surface area (Å²) in [4.78, 5) is 88.9. The van der Waals surface area contributed by atoms with Gasteiger partial charge in [-0.25, -0.2) is 9.59 Å². The second-order valence-electron chi connectivity index (χ2n) is 15.6. The lowest BCUT2D eigenvalue weighted by molar-refractivity contribution is -0.154. The number of benzene rings is 1. The van der Waals surface area contributed by atoms with Crippen LogP contribution in [0.2, 0.25) is 0 Å². The molecule has 53 heavy (non-hydrogen) atoms. The molecule has 1 aliphatic heterocycles. The number of ketones is 1. The number of anilines is 1. The third-order valence-corrected chi connectivity index (χ3v) is 8.59. The van der Waals surface area contributed by atoms with Crippen molar-refractivity contribution >= 4 is 47.3 Å². The van der Waals surface area contributed by atoms with Gasteiger partial charge in [0, 0.05) is 31.0 Å². The van der Waals surface area contributed by atoms with Crippen LogP contribution in [-0.2, 0) is 44.8 Å². The maximum Gasteiger partial charge on any atom is 0.410 e. The number of nitrogens with two attached hydrogens (primary N) is 1. The Morgan fingerprint density at radius 3 is 2.21 bits per heavy atom. The summed E-state index contributed by atoms with van der Waals surface area (Å²) in [6.45, 7) is 14.0. The molecule has 1 aromatic rings. The first kappa shape index (κ1) is 44.6. The van der Waals surface area contributed by atoms with Crippen molar-refractivity contribution in [3.8, 4) is 0 Å². The van der Waals surface area contributed by atoms with Crippen molar-refractivity contribution in [3.05, 3.63) is 29.8 Å². The van der Waals surface area contributed by atoms with Gasteiger partial charge in [-0.05, 0) is 62.6 Å². The lowest BCUT2D eigenvalue weighted by atomic mass is 9.80. The van der Waals surface area contributed by atoms with Gasteiger partial charge in [-0.2, -0.15) is 0 Å². The topological polar surface area (TPSA) is 233 Å². The number of nitrogens with one attached hydrogen (secondary N) is 3. The van der Waals surface area contributed by atoms with Crippen LogP contribution in [-0.4, -0.2) is 90.2 Å². The van der Waals surface area contributed by atoms with Gasteiger partial charge in [0.25, 0.3) is 0 Å². The number of carbonyl (C=O) groups is 7. The van der Waals surface area contributed by atoms with Crippen molar-refractivity contribution < 1.29 is 52.9 Å². The molecule has 0 bridgehead atoms. The first-order chi connectivity index (χ1) is 24.6. The molecule has 1 saturated heterocycles. The highest BCUT2D eigenvalue weighted by Crippen LogP contribution is 2.35. The first-order valence-corrected chi connectivity index (χ1v) is 17.8. The Morgan fingerprint density at radius 1 is 1.02 bits per heavy atom. The molecule has 1 fully saturated rings. The van der Waals surface area contributed by atoms with Gasteiger partial charge in [0.1, 0.15) is 13.2 Å². The minimum Gasteiger partial charge on any atom is -0.460 e. The van der Waals surface area contributed by atoms with Crippen LogP contribution in [0.1, 0.15) is 86.6 Å². The van der Waals surface area contributed by atoms with Gasteiger partial charge in [-0.3, -0.25) is 28.9 Å². The molecule has 4 atom stereocenters. The number of hydrogen-bond donors (Lipinski definition) is 5. The summed E-state index contributed by atoms with van der Waals surface area (Å²) >= 11 is 0. The number of esters is 1. The molecular weight excluding hydrogens is 690 g/mol.